The summed E-state index contributed by atoms with van der Waals surface area (Å²) in [6, 6.07) is 9.78. The van der Waals surface area contributed by atoms with E-state index in [2.05, 4.69) is 46.9 Å². The molecule has 198 valence electrons. The molecule has 2 atom stereocenters. The van der Waals surface area contributed by atoms with Crippen molar-refractivity contribution in [2.45, 2.75) is 51.1 Å². The van der Waals surface area contributed by atoms with E-state index in [0.717, 1.165) is 16.5 Å². The van der Waals surface area contributed by atoms with Gasteiger partial charge in [0.1, 0.15) is 25.7 Å². The molecule has 1 aliphatic rings. The topological polar surface area (TPSA) is 104 Å². The van der Waals surface area contributed by atoms with Gasteiger partial charge in [-0.2, -0.15) is 5.48 Å². The molecule has 3 aromatic rings. The number of ether oxygens (including phenoxy) is 2. The summed E-state index contributed by atoms with van der Waals surface area (Å²) in [5.74, 6) is 0.572. The molecule has 4 rings (SSSR count). The summed E-state index contributed by atoms with van der Waals surface area (Å²) in [6.45, 7) is 12.4. The molecule has 1 N–H and O–H groups in total. The van der Waals surface area contributed by atoms with Crippen LogP contribution < -0.4 is 5.48 Å². The first kappa shape index (κ1) is 27.1. The molecule has 1 amide bonds. The van der Waals surface area contributed by atoms with Crippen molar-refractivity contribution in [2.24, 2.45) is 0 Å². The highest BCUT2D eigenvalue weighted by molar-refractivity contribution is 7.09. The first-order valence-electron chi connectivity index (χ1n) is 12.2. The average molecular weight is 543 g/mol. The Balaban J connectivity index is 1.58. The molecule has 2 aromatic heterocycles. The van der Waals surface area contributed by atoms with Crippen LogP contribution in [0.5, 0.6) is 0 Å². The third-order valence-corrected chi connectivity index (χ3v) is 8.54. The van der Waals surface area contributed by atoms with Crippen LogP contribution in [0, 0.1) is 0 Å². The summed E-state index contributed by atoms with van der Waals surface area (Å²) >= 11 is 1.50. The Morgan fingerprint density at radius 1 is 1.30 bits per heavy atom. The summed E-state index contributed by atoms with van der Waals surface area (Å²) in [5.41, 5.74) is 6.43. The predicted octanol–water partition coefficient (Wildman–Crippen LogP) is 4.54. The molecule has 1 aliphatic heterocycles. The van der Waals surface area contributed by atoms with Crippen LogP contribution in [0.4, 0.5) is 4.79 Å². The van der Waals surface area contributed by atoms with E-state index >= 15 is 0 Å². The Morgan fingerprint density at radius 3 is 2.86 bits per heavy atom. The average Bonchev–Trinajstić information content (AvgIpc) is 3.55. The number of amides is 1. The Labute approximate surface area is 222 Å². The predicted molar refractivity (Wildman–Crippen MR) is 143 cm³/mol. The Bertz CT molecular complexity index is 1170. The number of nitrogens with zero attached hydrogens (tertiary/aromatic N) is 5. The molecule has 2 unspecified atom stereocenters. The quantitative estimate of drug-likeness (QED) is 0.154. The smallest absolute Gasteiger partial charge is 0.411 e. The highest BCUT2D eigenvalue weighted by atomic mass is 32.1. The van der Waals surface area contributed by atoms with Gasteiger partial charge in [-0.15, -0.1) is 28.1 Å². The lowest BCUT2D eigenvalue weighted by Gasteiger charge is -2.37. The molecular weight excluding hydrogens is 508 g/mol. The second-order valence-corrected chi connectivity index (χ2v) is 16.5. The monoisotopic (exact) mass is 542 g/mol. The molecule has 0 bridgehead atoms. The van der Waals surface area contributed by atoms with Crippen molar-refractivity contribution in [1.82, 2.24) is 30.1 Å². The van der Waals surface area contributed by atoms with Gasteiger partial charge in [0, 0.05) is 21.2 Å². The van der Waals surface area contributed by atoms with Gasteiger partial charge in [0.05, 0.1) is 28.7 Å². The molecule has 0 saturated carbocycles. The lowest BCUT2D eigenvalue weighted by atomic mass is 10.0. The second kappa shape index (κ2) is 12.6. The normalized spacial score (nSPS) is 17.4. The Morgan fingerprint density at radius 2 is 2.11 bits per heavy atom. The SMILES string of the molecule is C=CCONC1CN(C(=O)OCc2ccccc2)C(c2nncn2COCC[Si](C)(C)C)c2ncsc21. The molecule has 0 spiro atoms. The summed E-state index contributed by atoms with van der Waals surface area (Å²) in [7, 11) is -1.22. The molecule has 10 nitrogen and oxygen atoms in total. The largest absolute Gasteiger partial charge is 0.445 e. The summed E-state index contributed by atoms with van der Waals surface area (Å²) in [6.07, 6.45) is 2.81. The Kier molecular flexibility index (Phi) is 9.22. The highest BCUT2D eigenvalue weighted by Crippen LogP contribution is 2.40. The molecule has 12 heteroatoms. The maximum atomic E-state index is 13.5. The molecule has 0 radical (unpaired) electrons. The third kappa shape index (κ3) is 7.11. The van der Waals surface area contributed by atoms with Crippen LogP contribution in [0.25, 0.3) is 0 Å². The van der Waals surface area contributed by atoms with Crippen LogP contribution >= 0.6 is 11.3 Å². The van der Waals surface area contributed by atoms with Crippen molar-refractivity contribution in [3.63, 3.8) is 0 Å². The molecule has 3 heterocycles. The number of hydroxylamine groups is 1. The number of thiazole rings is 1. The lowest BCUT2D eigenvalue weighted by molar-refractivity contribution is 0.0101. The number of nitrogens with one attached hydrogen (secondary N) is 1. The van der Waals surface area contributed by atoms with Crippen LogP contribution in [0.3, 0.4) is 0 Å². The number of hydrogen-bond acceptors (Lipinski definition) is 9. The molecule has 0 fully saturated rings. The summed E-state index contributed by atoms with van der Waals surface area (Å²) in [5, 5.41) is 8.53. The van der Waals surface area contributed by atoms with E-state index in [-0.39, 0.29) is 12.6 Å². The van der Waals surface area contributed by atoms with Crippen LogP contribution in [0.1, 0.15) is 34.0 Å². The highest BCUT2D eigenvalue weighted by Gasteiger charge is 2.42. The number of carbonyl (C=O) groups excluding carboxylic acids is 1. The van der Waals surface area contributed by atoms with E-state index in [0.29, 0.717) is 38.0 Å². The molecular formula is C25H34N6O4SSi. The van der Waals surface area contributed by atoms with Gasteiger partial charge in [-0.1, -0.05) is 56.0 Å². The zero-order valence-corrected chi connectivity index (χ0v) is 23.3. The van der Waals surface area contributed by atoms with Gasteiger partial charge >= 0.3 is 6.09 Å². The minimum absolute atomic E-state index is 0.157. The van der Waals surface area contributed by atoms with E-state index in [1.807, 2.05) is 34.9 Å². The zero-order chi connectivity index (χ0) is 26.3. The van der Waals surface area contributed by atoms with Crippen molar-refractivity contribution >= 4 is 25.5 Å². The van der Waals surface area contributed by atoms with E-state index in [1.165, 1.54) is 11.3 Å². The fraction of sp³-hybridized carbons (Fsp3) is 0.440. The number of carbonyl (C=O) groups is 1. The van der Waals surface area contributed by atoms with Crippen LogP contribution in [0.15, 0.2) is 54.8 Å². The van der Waals surface area contributed by atoms with Crippen LogP contribution in [-0.4, -0.2) is 58.6 Å². The van der Waals surface area contributed by atoms with Crippen molar-refractivity contribution in [2.75, 3.05) is 19.8 Å². The van der Waals surface area contributed by atoms with Crippen LogP contribution in [0.2, 0.25) is 25.7 Å². The van der Waals surface area contributed by atoms with E-state index in [1.54, 1.807) is 22.8 Å². The maximum Gasteiger partial charge on any atom is 0.411 e. The minimum Gasteiger partial charge on any atom is -0.445 e. The van der Waals surface area contributed by atoms with Gasteiger partial charge in [0.25, 0.3) is 0 Å². The summed E-state index contributed by atoms with van der Waals surface area (Å²) < 4.78 is 13.5. The van der Waals surface area contributed by atoms with Crippen LogP contribution in [-0.2, 0) is 27.6 Å². The van der Waals surface area contributed by atoms with Gasteiger partial charge in [-0.05, 0) is 11.6 Å². The van der Waals surface area contributed by atoms with E-state index < -0.39 is 20.2 Å². The fourth-order valence-electron chi connectivity index (χ4n) is 3.92. The van der Waals surface area contributed by atoms with Gasteiger partial charge in [0.15, 0.2) is 5.82 Å². The molecule has 1 aromatic carbocycles. The summed E-state index contributed by atoms with van der Waals surface area (Å²) in [4.78, 5) is 26.2. The van der Waals surface area contributed by atoms with E-state index in [9.17, 15) is 4.79 Å². The van der Waals surface area contributed by atoms with Gasteiger partial charge in [-0.3, -0.25) is 14.3 Å². The third-order valence-electron chi connectivity index (χ3n) is 5.87. The van der Waals surface area contributed by atoms with Gasteiger partial charge in [0.2, 0.25) is 0 Å². The Hall–Kier alpha value is -2.90. The standard InChI is InChI=1S/C25H34N6O4SSi/c1-5-11-35-29-20-14-31(25(32)34-15-19-9-7-6-8-10-19)22(21-23(20)36-17-26-21)24-28-27-16-30(24)18-33-12-13-37(2,3)4/h5-10,16-17,20,22,29H,1,11-15,18H2,2-4H3. The number of fused-ring (bicyclic) bond motifs is 1. The number of rotatable bonds is 12. The second-order valence-electron chi connectivity index (χ2n) is 9.97. The molecule has 37 heavy (non-hydrogen) atoms. The van der Waals surface area contributed by atoms with Gasteiger partial charge in [-0.25, -0.2) is 9.78 Å². The maximum absolute atomic E-state index is 13.5. The fourth-order valence-corrected chi connectivity index (χ4v) is 5.53. The number of hydrogen-bond donors (Lipinski definition) is 1. The molecule has 0 saturated heterocycles. The first-order chi connectivity index (χ1) is 17.9. The van der Waals surface area contributed by atoms with Gasteiger partial charge < -0.3 is 9.47 Å². The van der Waals surface area contributed by atoms with Crippen molar-refractivity contribution in [1.29, 1.82) is 0 Å². The number of aromatic nitrogens is 4. The van der Waals surface area contributed by atoms with Crippen molar-refractivity contribution < 1.29 is 19.1 Å². The first-order valence-corrected chi connectivity index (χ1v) is 16.8. The lowest BCUT2D eigenvalue weighted by Crippen LogP contribution is -2.46. The van der Waals surface area contributed by atoms with Crippen molar-refractivity contribution in [3.8, 4) is 0 Å². The van der Waals surface area contributed by atoms with E-state index in [4.69, 9.17) is 14.3 Å². The minimum atomic E-state index is -1.22. The van der Waals surface area contributed by atoms with Crippen molar-refractivity contribution in [3.05, 3.63) is 76.8 Å². The number of benzene rings is 1. The molecule has 0 aliphatic carbocycles. The zero-order valence-electron chi connectivity index (χ0n) is 21.5.